The third-order valence-electron chi connectivity index (χ3n) is 6.18. The maximum Gasteiger partial charge on any atom is 0.155 e. The van der Waals surface area contributed by atoms with E-state index in [0.717, 1.165) is 25.7 Å². The predicted molar refractivity (Wildman–Crippen MR) is 91.9 cm³/mol. The molecule has 0 aromatic heterocycles. The number of benzene rings is 1. The van der Waals surface area contributed by atoms with E-state index in [1.54, 1.807) is 0 Å². The summed E-state index contributed by atoms with van der Waals surface area (Å²) >= 11 is 0. The summed E-state index contributed by atoms with van der Waals surface area (Å²) in [7, 11) is 0. The maximum atomic E-state index is 12.0. The summed E-state index contributed by atoms with van der Waals surface area (Å²) in [5.74, 6) is 1.37. The van der Waals surface area contributed by atoms with Gasteiger partial charge in [0.15, 0.2) is 5.78 Å². The minimum absolute atomic E-state index is 0.0643. The second kappa shape index (κ2) is 5.51. The van der Waals surface area contributed by atoms with E-state index >= 15 is 0 Å². The van der Waals surface area contributed by atoms with E-state index in [1.807, 2.05) is 12.1 Å². The fourth-order valence-electron chi connectivity index (χ4n) is 4.88. The predicted octanol–water partition coefficient (Wildman–Crippen LogP) is 4.93. The first-order chi connectivity index (χ1) is 11.2. The number of unbranched alkanes of at least 4 members (excludes halogenated alkanes) is 1. The molecule has 122 valence electrons. The van der Waals surface area contributed by atoms with E-state index in [1.165, 1.54) is 47.9 Å². The molecule has 1 aromatic rings. The molecule has 1 N–H and O–H groups in total. The van der Waals surface area contributed by atoms with Crippen LogP contribution in [0, 0.1) is 0 Å². The highest BCUT2D eigenvalue weighted by atomic mass is 16.3. The molecule has 4 rings (SSSR count). The van der Waals surface area contributed by atoms with Gasteiger partial charge in [-0.2, -0.15) is 0 Å². The maximum absolute atomic E-state index is 12.0. The highest BCUT2D eigenvalue weighted by molar-refractivity contribution is 5.92. The Hall–Kier alpha value is -1.57. The van der Waals surface area contributed by atoms with Crippen molar-refractivity contribution in [1.29, 1.82) is 0 Å². The summed E-state index contributed by atoms with van der Waals surface area (Å²) in [5.41, 5.74) is 5.50. The Bertz CT molecular complexity index is 681. The number of carbonyl (C=O) groups excluding carboxylic acids is 1. The molecule has 0 aliphatic heterocycles. The van der Waals surface area contributed by atoms with Crippen LogP contribution >= 0.6 is 0 Å². The normalized spacial score (nSPS) is 26.5. The molecule has 3 aliphatic carbocycles. The minimum Gasteiger partial charge on any atom is -0.508 e. The number of fused-ring (bicyclic) bond motifs is 3. The van der Waals surface area contributed by atoms with Crippen molar-refractivity contribution < 1.29 is 9.90 Å². The Labute approximate surface area is 138 Å². The van der Waals surface area contributed by atoms with Crippen molar-refractivity contribution >= 4 is 5.78 Å². The summed E-state index contributed by atoms with van der Waals surface area (Å²) in [6, 6.07) is 4.08. The van der Waals surface area contributed by atoms with Gasteiger partial charge in [0.05, 0.1) is 0 Å². The third kappa shape index (κ3) is 2.34. The second-order valence-corrected chi connectivity index (χ2v) is 7.62. The van der Waals surface area contributed by atoms with Gasteiger partial charge in [-0.3, -0.25) is 4.79 Å². The van der Waals surface area contributed by atoms with Crippen LogP contribution in [-0.2, 0) is 16.6 Å². The monoisotopic (exact) mass is 310 g/mol. The summed E-state index contributed by atoms with van der Waals surface area (Å²) in [4.78, 5) is 12.0. The molecular formula is C21H26O2. The van der Waals surface area contributed by atoms with Gasteiger partial charge >= 0.3 is 0 Å². The van der Waals surface area contributed by atoms with Crippen molar-refractivity contribution in [3.05, 3.63) is 40.5 Å². The second-order valence-electron chi connectivity index (χ2n) is 7.62. The van der Waals surface area contributed by atoms with Crippen LogP contribution in [0.25, 0.3) is 0 Å². The zero-order valence-corrected chi connectivity index (χ0v) is 14.0. The molecule has 1 saturated carbocycles. The van der Waals surface area contributed by atoms with E-state index < -0.39 is 0 Å². The number of carbonyl (C=O) groups is 1. The lowest BCUT2D eigenvalue weighted by molar-refractivity contribution is -0.115. The first-order valence-corrected chi connectivity index (χ1v) is 9.25. The molecule has 23 heavy (non-hydrogen) atoms. The van der Waals surface area contributed by atoms with Gasteiger partial charge in [-0.15, -0.1) is 0 Å². The zero-order chi connectivity index (χ0) is 16.0. The highest BCUT2D eigenvalue weighted by Gasteiger charge is 2.44. The van der Waals surface area contributed by atoms with Gasteiger partial charge in [-0.25, -0.2) is 0 Å². The molecule has 0 heterocycles. The number of ketones is 1. The van der Waals surface area contributed by atoms with Gasteiger partial charge in [0.25, 0.3) is 0 Å². The Morgan fingerprint density at radius 1 is 1.22 bits per heavy atom. The van der Waals surface area contributed by atoms with Gasteiger partial charge in [0.2, 0.25) is 0 Å². The smallest absolute Gasteiger partial charge is 0.155 e. The summed E-state index contributed by atoms with van der Waals surface area (Å²) in [6.45, 7) is 2.24. The van der Waals surface area contributed by atoms with Crippen LogP contribution in [0.1, 0.15) is 80.9 Å². The quantitative estimate of drug-likeness (QED) is 0.856. The molecule has 1 unspecified atom stereocenters. The average molecular weight is 310 g/mol. The number of phenolic OH excluding ortho intramolecular Hbond substituents is 1. The van der Waals surface area contributed by atoms with Gasteiger partial charge in [0, 0.05) is 17.4 Å². The van der Waals surface area contributed by atoms with E-state index in [9.17, 15) is 9.90 Å². The van der Waals surface area contributed by atoms with Gasteiger partial charge in [0.1, 0.15) is 5.75 Å². The Morgan fingerprint density at radius 2 is 2.04 bits per heavy atom. The van der Waals surface area contributed by atoms with Crippen molar-refractivity contribution in [3.63, 3.8) is 0 Å². The van der Waals surface area contributed by atoms with Crippen LogP contribution in [0.4, 0.5) is 0 Å². The number of allylic oxidation sites excluding steroid dienone is 2. The van der Waals surface area contributed by atoms with Crippen molar-refractivity contribution in [3.8, 4) is 5.75 Å². The number of rotatable bonds is 4. The molecule has 0 saturated heterocycles. The van der Waals surface area contributed by atoms with Gasteiger partial charge in [-0.05, 0) is 67.7 Å². The molecule has 3 aliphatic rings. The van der Waals surface area contributed by atoms with Crippen molar-refractivity contribution in [2.24, 2.45) is 0 Å². The lowest BCUT2D eigenvalue weighted by Gasteiger charge is -2.44. The summed E-state index contributed by atoms with van der Waals surface area (Å²) < 4.78 is 0. The summed E-state index contributed by atoms with van der Waals surface area (Å²) in [5, 5.41) is 10.4. The Kier molecular flexibility index (Phi) is 3.59. The van der Waals surface area contributed by atoms with Crippen molar-refractivity contribution in [2.45, 2.75) is 76.0 Å². The van der Waals surface area contributed by atoms with Crippen LogP contribution in [0.2, 0.25) is 0 Å². The minimum atomic E-state index is 0.0643. The largest absolute Gasteiger partial charge is 0.508 e. The van der Waals surface area contributed by atoms with E-state index in [2.05, 4.69) is 13.0 Å². The van der Waals surface area contributed by atoms with E-state index in [4.69, 9.17) is 0 Å². The van der Waals surface area contributed by atoms with Crippen LogP contribution < -0.4 is 0 Å². The van der Waals surface area contributed by atoms with Crippen LogP contribution in [0.15, 0.2) is 23.8 Å². The lowest BCUT2D eigenvalue weighted by atomic mass is 9.59. The highest BCUT2D eigenvalue weighted by Crippen LogP contribution is 2.55. The first-order valence-electron chi connectivity index (χ1n) is 9.25. The number of aromatic hydroxyl groups is 1. The number of hydrogen-bond acceptors (Lipinski definition) is 2. The Balaban J connectivity index is 1.88. The standard InChI is InChI=1S/C21H26O2/c1-2-3-11-21-12-10-16(22)13-15(21)6-7-17-18(21)8-9-19(23)20(17)14-4-5-14/h8-9,13-14,23H,2-7,10-12H2,1H3. The molecular weight excluding hydrogens is 284 g/mol. The molecule has 1 atom stereocenters. The number of phenols is 1. The van der Waals surface area contributed by atoms with Crippen LogP contribution in [0.5, 0.6) is 5.75 Å². The molecule has 0 spiro atoms. The van der Waals surface area contributed by atoms with E-state index in [0.29, 0.717) is 23.9 Å². The lowest BCUT2D eigenvalue weighted by Crippen LogP contribution is -2.37. The topological polar surface area (TPSA) is 37.3 Å². The SMILES string of the molecule is CCCCC12CCC(=O)C=C1CCc1c2ccc(O)c1C1CC1. The molecule has 0 bridgehead atoms. The third-order valence-corrected chi connectivity index (χ3v) is 6.18. The zero-order valence-electron chi connectivity index (χ0n) is 14.0. The van der Waals surface area contributed by atoms with Crippen molar-refractivity contribution in [2.75, 3.05) is 0 Å². The fraction of sp³-hybridized carbons (Fsp3) is 0.571. The Morgan fingerprint density at radius 3 is 2.78 bits per heavy atom. The van der Waals surface area contributed by atoms with E-state index in [-0.39, 0.29) is 5.41 Å². The molecule has 0 radical (unpaired) electrons. The van der Waals surface area contributed by atoms with Crippen LogP contribution in [0.3, 0.4) is 0 Å². The molecule has 1 aromatic carbocycles. The summed E-state index contributed by atoms with van der Waals surface area (Å²) in [6.07, 6.45) is 11.5. The molecule has 2 nitrogen and oxygen atoms in total. The molecule has 1 fully saturated rings. The first kappa shape index (κ1) is 15.0. The van der Waals surface area contributed by atoms with Gasteiger partial charge < -0.3 is 5.11 Å². The fourth-order valence-corrected chi connectivity index (χ4v) is 4.88. The number of hydrogen-bond donors (Lipinski definition) is 1. The average Bonchev–Trinajstić information content (AvgIpc) is 3.37. The molecule has 2 heteroatoms. The van der Waals surface area contributed by atoms with Crippen molar-refractivity contribution in [1.82, 2.24) is 0 Å². The van der Waals surface area contributed by atoms with Gasteiger partial charge in [-0.1, -0.05) is 31.4 Å². The van der Waals surface area contributed by atoms with Crippen LogP contribution in [-0.4, -0.2) is 10.9 Å². The molecule has 0 amide bonds.